The molecule has 0 aliphatic rings. The van der Waals surface area contributed by atoms with Crippen LogP contribution in [0.25, 0.3) is 11.5 Å². The van der Waals surface area contributed by atoms with Gasteiger partial charge in [0.2, 0.25) is 5.89 Å². The van der Waals surface area contributed by atoms with Gasteiger partial charge in [0.15, 0.2) is 0 Å². The van der Waals surface area contributed by atoms with Crippen molar-refractivity contribution < 1.29 is 13.9 Å². The van der Waals surface area contributed by atoms with Gasteiger partial charge in [-0.1, -0.05) is 0 Å². The van der Waals surface area contributed by atoms with Crippen molar-refractivity contribution in [1.82, 2.24) is 25.6 Å². The van der Waals surface area contributed by atoms with Crippen molar-refractivity contribution in [1.29, 1.82) is 0 Å². The zero-order chi connectivity index (χ0) is 18.4. The molecule has 0 fully saturated rings. The van der Waals surface area contributed by atoms with Crippen molar-refractivity contribution in [3.63, 3.8) is 0 Å². The number of rotatable bonds is 7. The molecule has 0 bridgehead atoms. The number of carbonyl (C=O) groups is 1. The van der Waals surface area contributed by atoms with Crippen LogP contribution < -0.4 is 15.6 Å². The molecular formula is C17H17N5O3S. The molecule has 0 aliphatic heterocycles. The summed E-state index contributed by atoms with van der Waals surface area (Å²) in [5.41, 5.74) is 6.58. The maximum Gasteiger partial charge on any atom is 0.288 e. The third-order valence-electron chi connectivity index (χ3n) is 3.37. The molecule has 0 atom stereocenters. The van der Waals surface area contributed by atoms with E-state index in [-0.39, 0.29) is 17.4 Å². The van der Waals surface area contributed by atoms with Gasteiger partial charge < -0.3 is 9.15 Å². The summed E-state index contributed by atoms with van der Waals surface area (Å²) < 4.78 is 12.2. The number of aromatic nitrogens is 3. The number of carbonyl (C=O) groups excluding carboxylic acids is 1. The van der Waals surface area contributed by atoms with E-state index in [0.29, 0.717) is 23.8 Å². The summed E-state index contributed by atoms with van der Waals surface area (Å²) in [5.74, 6) is 0.798. The first-order chi connectivity index (χ1) is 12.7. The van der Waals surface area contributed by atoms with Crippen LogP contribution in [-0.2, 0) is 6.67 Å². The minimum absolute atomic E-state index is 0.158. The lowest BCUT2D eigenvalue weighted by Gasteiger charge is -2.07. The largest absolute Gasteiger partial charge is 0.494 e. The third kappa shape index (κ3) is 4.32. The van der Waals surface area contributed by atoms with E-state index >= 15 is 0 Å². The summed E-state index contributed by atoms with van der Waals surface area (Å²) in [7, 11) is 0. The average molecular weight is 371 g/mol. The molecule has 2 N–H and O–H groups in total. The second kappa shape index (κ2) is 8.37. The van der Waals surface area contributed by atoms with E-state index in [4.69, 9.17) is 21.4 Å². The highest BCUT2D eigenvalue weighted by atomic mass is 32.1. The highest BCUT2D eigenvalue weighted by Crippen LogP contribution is 2.15. The minimum atomic E-state index is -0.282. The van der Waals surface area contributed by atoms with Crippen molar-refractivity contribution in [2.24, 2.45) is 0 Å². The molecule has 0 unspecified atom stereocenters. The molecule has 0 radical (unpaired) electrons. The lowest BCUT2D eigenvalue weighted by atomic mass is 10.2. The predicted molar refractivity (Wildman–Crippen MR) is 96.8 cm³/mol. The molecule has 26 heavy (non-hydrogen) atoms. The van der Waals surface area contributed by atoms with Crippen LogP contribution in [0.4, 0.5) is 0 Å². The van der Waals surface area contributed by atoms with E-state index in [0.717, 1.165) is 5.56 Å². The summed E-state index contributed by atoms with van der Waals surface area (Å²) in [6.07, 6.45) is 3.29. The van der Waals surface area contributed by atoms with Crippen LogP contribution in [-0.4, -0.2) is 27.3 Å². The standard InChI is InChI=1S/C17H17N5O3S/c1-2-24-14-7-5-12(6-8-14)15(23)20-19-11-22-17(26)25-16(21-22)13-4-3-9-18-10-13/h3-10,19H,2,11H2,1H3,(H,20,23). The Morgan fingerprint density at radius 3 is 2.81 bits per heavy atom. The van der Waals surface area contributed by atoms with E-state index in [1.54, 1.807) is 42.7 Å². The molecule has 3 aromatic rings. The summed E-state index contributed by atoms with van der Waals surface area (Å²) in [5, 5.41) is 4.26. The Labute approximate surface area is 154 Å². The number of hydrazine groups is 1. The molecule has 3 rings (SSSR count). The highest BCUT2D eigenvalue weighted by molar-refractivity contribution is 7.71. The van der Waals surface area contributed by atoms with Gasteiger partial charge in [-0.3, -0.25) is 15.2 Å². The predicted octanol–water partition coefficient (Wildman–Crippen LogP) is 2.56. The Kier molecular flexibility index (Phi) is 5.72. The summed E-state index contributed by atoms with van der Waals surface area (Å²) in [6, 6.07) is 10.5. The molecule has 1 aromatic carbocycles. The van der Waals surface area contributed by atoms with Crippen LogP contribution in [0, 0.1) is 4.84 Å². The first kappa shape index (κ1) is 17.8. The van der Waals surface area contributed by atoms with Crippen molar-refractivity contribution in [3.8, 4) is 17.2 Å². The Morgan fingerprint density at radius 2 is 2.12 bits per heavy atom. The molecule has 134 valence electrons. The van der Waals surface area contributed by atoms with Gasteiger partial charge >= 0.3 is 0 Å². The molecule has 0 spiro atoms. The van der Waals surface area contributed by atoms with Crippen molar-refractivity contribution in [2.45, 2.75) is 13.6 Å². The number of nitrogens with one attached hydrogen (secondary N) is 2. The Morgan fingerprint density at radius 1 is 1.31 bits per heavy atom. The fraction of sp³-hybridized carbons (Fsp3) is 0.176. The zero-order valence-electron chi connectivity index (χ0n) is 14.0. The fourth-order valence-electron chi connectivity index (χ4n) is 2.15. The van der Waals surface area contributed by atoms with Gasteiger partial charge in [-0.05, 0) is 55.5 Å². The number of benzene rings is 1. The molecule has 8 nitrogen and oxygen atoms in total. The quantitative estimate of drug-likeness (QED) is 0.487. The topological polar surface area (TPSA) is 94.2 Å². The lowest BCUT2D eigenvalue weighted by Crippen LogP contribution is -2.38. The minimum Gasteiger partial charge on any atom is -0.494 e. The SMILES string of the molecule is CCOc1ccc(C(=O)NNCn2nc(-c3cccnc3)oc2=S)cc1. The van der Waals surface area contributed by atoms with Gasteiger partial charge in [0, 0.05) is 18.0 Å². The van der Waals surface area contributed by atoms with Gasteiger partial charge in [0.1, 0.15) is 12.4 Å². The monoisotopic (exact) mass is 371 g/mol. The summed E-state index contributed by atoms with van der Waals surface area (Å²) >= 11 is 5.13. The van der Waals surface area contributed by atoms with Crippen LogP contribution in [0.15, 0.2) is 53.2 Å². The third-order valence-corrected chi connectivity index (χ3v) is 3.67. The maximum absolute atomic E-state index is 12.1. The maximum atomic E-state index is 12.1. The number of nitrogens with zero attached hydrogens (tertiary/aromatic N) is 3. The fourth-order valence-corrected chi connectivity index (χ4v) is 2.33. The summed E-state index contributed by atoms with van der Waals surface area (Å²) in [4.78, 5) is 16.3. The van der Waals surface area contributed by atoms with Gasteiger partial charge in [-0.2, -0.15) is 0 Å². The van der Waals surface area contributed by atoms with Gasteiger partial charge in [0.05, 0.1) is 12.2 Å². The number of pyridine rings is 1. The van der Waals surface area contributed by atoms with Crippen LogP contribution in [0.1, 0.15) is 17.3 Å². The Balaban J connectivity index is 1.57. The first-order valence-electron chi connectivity index (χ1n) is 7.92. The summed E-state index contributed by atoms with van der Waals surface area (Å²) in [6.45, 7) is 2.64. The Hall–Kier alpha value is -3.04. The van der Waals surface area contributed by atoms with Gasteiger partial charge in [0.25, 0.3) is 10.7 Å². The van der Waals surface area contributed by atoms with Crippen molar-refractivity contribution in [2.75, 3.05) is 6.61 Å². The normalized spacial score (nSPS) is 10.5. The molecule has 0 saturated heterocycles. The van der Waals surface area contributed by atoms with Crippen molar-refractivity contribution in [3.05, 3.63) is 59.2 Å². The van der Waals surface area contributed by atoms with Gasteiger partial charge in [-0.15, -0.1) is 5.10 Å². The smallest absolute Gasteiger partial charge is 0.288 e. The zero-order valence-corrected chi connectivity index (χ0v) is 14.8. The van der Waals surface area contributed by atoms with E-state index < -0.39 is 0 Å². The lowest BCUT2D eigenvalue weighted by molar-refractivity contribution is 0.0926. The molecule has 1 amide bonds. The molecule has 0 aliphatic carbocycles. The molecule has 9 heteroatoms. The van der Waals surface area contributed by atoms with Crippen molar-refractivity contribution >= 4 is 18.1 Å². The van der Waals surface area contributed by atoms with Crippen LogP contribution in [0.2, 0.25) is 0 Å². The van der Waals surface area contributed by atoms with Crippen LogP contribution >= 0.6 is 12.2 Å². The average Bonchev–Trinajstić information content (AvgIpc) is 3.04. The van der Waals surface area contributed by atoms with Gasteiger partial charge in [-0.25, -0.2) is 10.1 Å². The number of hydrogen-bond donors (Lipinski definition) is 2. The number of hydrogen-bond acceptors (Lipinski definition) is 7. The van der Waals surface area contributed by atoms with Crippen LogP contribution in [0.3, 0.4) is 0 Å². The first-order valence-corrected chi connectivity index (χ1v) is 8.32. The molecular weight excluding hydrogens is 354 g/mol. The second-order valence-corrected chi connectivity index (χ2v) is 5.51. The van der Waals surface area contributed by atoms with Crippen LogP contribution in [0.5, 0.6) is 5.75 Å². The van der Waals surface area contributed by atoms with E-state index in [9.17, 15) is 4.79 Å². The van der Waals surface area contributed by atoms with E-state index in [1.807, 2.05) is 13.0 Å². The Bertz CT molecular complexity index is 922. The number of ether oxygens (including phenoxy) is 1. The van der Waals surface area contributed by atoms with E-state index in [2.05, 4.69) is 20.9 Å². The molecule has 2 heterocycles. The molecule has 0 saturated carbocycles. The molecule has 2 aromatic heterocycles. The second-order valence-electron chi connectivity index (χ2n) is 5.16. The van der Waals surface area contributed by atoms with E-state index in [1.165, 1.54) is 4.68 Å². The number of amides is 1. The highest BCUT2D eigenvalue weighted by Gasteiger charge is 2.09.